The lowest BCUT2D eigenvalue weighted by Crippen LogP contribution is -2.23. The van der Waals surface area contributed by atoms with Crippen LogP contribution in [0.25, 0.3) is 0 Å². The minimum Gasteiger partial charge on any atom is -0.454 e. The summed E-state index contributed by atoms with van der Waals surface area (Å²) < 4.78 is 10.8. The number of hydrogen-bond donors (Lipinski definition) is 1. The molecule has 0 radical (unpaired) electrons. The number of benzene rings is 1. The molecule has 1 heterocycles. The van der Waals surface area contributed by atoms with Gasteiger partial charge >= 0.3 is 0 Å². The van der Waals surface area contributed by atoms with Crippen molar-refractivity contribution in [1.82, 2.24) is 5.32 Å². The first-order valence-electron chi connectivity index (χ1n) is 6.91. The van der Waals surface area contributed by atoms with Crippen molar-refractivity contribution in [2.24, 2.45) is 5.92 Å². The van der Waals surface area contributed by atoms with Crippen LogP contribution < -0.4 is 14.8 Å². The molecule has 0 saturated carbocycles. The van der Waals surface area contributed by atoms with Gasteiger partial charge in [-0.3, -0.25) is 0 Å². The van der Waals surface area contributed by atoms with Gasteiger partial charge in [0.1, 0.15) is 0 Å². The maximum Gasteiger partial charge on any atom is 0.231 e. The van der Waals surface area contributed by atoms with Crippen molar-refractivity contribution in [3.63, 3.8) is 0 Å². The molecule has 1 aliphatic heterocycles. The minimum atomic E-state index is 0.340. The van der Waals surface area contributed by atoms with Crippen LogP contribution in [0.4, 0.5) is 0 Å². The Kier molecular flexibility index (Phi) is 5.40. The number of hydrogen-bond acceptors (Lipinski definition) is 4. The van der Waals surface area contributed by atoms with E-state index in [9.17, 15) is 0 Å². The van der Waals surface area contributed by atoms with Gasteiger partial charge in [0.25, 0.3) is 0 Å². The molecule has 3 nitrogen and oxygen atoms in total. The summed E-state index contributed by atoms with van der Waals surface area (Å²) in [5, 5.41) is 3.55. The number of ether oxygens (including phenoxy) is 2. The highest BCUT2D eigenvalue weighted by molar-refractivity contribution is 7.99. The van der Waals surface area contributed by atoms with Crippen LogP contribution in [0.1, 0.15) is 32.4 Å². The first-order chi connectivity index (χ1) is 9.20. The Morgan fingerprint density at radius 1 is 1.21 bits per heavy atom. The zero-order chi connectivity index (χ0) is 13.7. The summed E-state index contributed by atoms with van der Waals surface area (Å²) in [7, 11) is 0. The van der Waals surface area contributed by atoms with Crippen LogP contribution in [0.3, 0.4) is 0 Å². The van der Waals surface area contributed by atoms with E-state index in [2.05, 4.69) is 38.2 Å². The molecule has 1 atom stereocenters. The predicted octanol–water partition coefficient (Wildman–Crippen LogP) is 3.46. The number of rotatable bonds is 7. The fraction of sp³-hybridized carbons (Fsp3) is 0.600. The van der Waals surface area contributed by atoms with Gasteiger partial charge in [0.05, 0.1) is 0 Å². The Morgan fingerprint density at radius 3 is 2.74 bits per heavy atom. The second-order valence-corrected chi connectivity index (χ2v) is 6.23. The average Bonchev–Trinajstić information content (AvgIpc) is 2.84. The molecule has 1 unspecified atom stereocenters. The van der Waals surface area contributed by atoms with E-state index in [-0.39, 0.29) is 0 Å². The number of nitrogens with one attached hydrogen (secondary N) is 1. The van der Waals surface area contributed by atoms with E-state index in [1.165, 1.54) is 11.3 Å². The molecule has 0 aliphatic carbocycles. The van der Waals surface area contributed by atoms with Crippen LogP contribution in [0.15, 0.2) is 18.2 Å². The summed E-state index contributed by atoms with van der Waals surface area (Å²) in [5.41, 5.74) is 1.28. The van der Waals surface area contributed by atoms with Gasteiger partial charge in [0.15, 0.2) is 11.5 Å². The van der Waals surface area contributed by atoms with Crippen LogP contribution in [-0.2, 0) is 0 Å². The van der Waals surface area contributed by atoms with E-state index in [1.54, 1.807) is 0 Å². The van der Waals surface area contributed by atoms with Crippen LogP contribution in [-0.4, -0.2) is 24.8 Å². The van der Waals surface area contributed by atoms with E-state index in [1.807, 2.05) is 17.8 Å². The Balaban J connectivity index is 2.01. The van der Waals surface area contributed by atoms with Crippen LogP contribution in [0, 0.1) is 5.92 Å². The Hall–Kier alpha value is -0.870. The molecule has 0 fully saturated rings. The predicted molar refractivity (Wildman–Crippen MR) is 81.1 cm³/mol. The SMILES string of the molecule is CCNC(CSCC(C)C)c1ccc2c(c1)OCO2. The van der Waals surface area contributed by atoms with E-state index >= 15 is 0 Å². The largest absolute Gasteiger partial charge is 0.454 e. The molecule has 0 bridgehead atoms. The van der Waals surface area contributed by atoms with Crippen molar-refractivity contribution in [3.05, 3.63) is 23.8 Å². The van der Waals surface area contributed by atoms with Crippen LogP contribution >= 0.6 is 11.8 Å². The molecule has 106 valence electrons. The third kappa shape index (κ3) is 4.05. The zero-order valence-electron chi connectivity index (χ0n) is 11.9. The quantitative estimate of drug-likeness (QED) is 0.829. The van der Waals surface area contributed by atoms with Gasteiger partial charge in [-0.15, -0.1) is 0 Å². The third-order valence-corrected chi connectivity index (χ3v) is 4.46. The molecule has 0 saturated heterocycles. The van der Waals surface area contributed by atoms with Crippen molar-refractivity contribution in [3.8, 4) is 11.5 Å². The van der Waals surface area contributed by atoms with Crippen molar-refractivity contribution >= 4 is 11.8 Å². The molecule has 0 spiro atoms. The molecule has 0 amide bonds. The summed E-state index contributed by atoms with van der Waals surface area (Å²) in [6.07, 6.45) is 0. The molecular weight excluding hydrogens is 258 g/mol. The van der Waals surface area contributed by atoms with Gasteiger partial charge in [0.2, 0.25) is 6.79 Å². The lowest BCUT2D eigenvalue weighted by molar-refractivity contribution is 0.174. The van der Waals surface area contributed by atoms with Crippen molar-refractivity contribution in [1.29, 1.82) is 0 Å². The molecule has 19 heavy (non-hydrogen) atoms. The molecule has 1 aromatic carbocycles. The monoisotopic (exact) mass is 281 g/mol. The van der Waals surface area contributed by atoms with Gasteiger partial charge in [-0.25, -0.2) is 0 Å². The van der Waals surface area contributed by atoms with Gasteiger partial charge in [0, 0.05) is 11.8 Å². The van der Waals surface area contributed by atoms with E-state index in [0.29, 0.717) is 12.8 Å². The number of fused-ring (bicyclic) bond motifs is 1. The first kappa shape index (κ1) is 14.5. The highest BCUT2D eigenvalue weighted by Gasteiger charge is 2.17. The van der Waals surface area contributed by atoms with Crippen molar-refractivity contribution in [2.45, 2.75) is 26.8 Å². The van der Waals surface area contributed by atoms with Gasteiger partial charge in [-0.05, 0) is 35.9 Å². The summed E-state index contributed by atoms with van der Waals surface area (Å²) in [6, 6.07) is 6.63. The summed E-state index contributed by atoms with van der Waals surface area (Å²) in [4.78, 5) is 0. The van der Waals surface area contributed by atoms with E-state index in [0.717, 1.165) is 29.7 Å². The standard InChI is InChI=1S/C15H23NO2S/c1-4-16-13(9-19-8-11(2)3)12-5-6-14-15(7-12)18-10-17-14/h5-7,11,13,16H,4,8-10H2,1-3H3. The molecule has 1 aliphatic rings. The van der Waals surface area contributed by atoms with Gasteiger partial charge in [-0.2, -0.15) is 11.8 Å². The summed E-state index contributed by atoms with van der Waals surface area (Å²) in [5.74, 6) is 4.75. The molecule has 4 heteroatoms. The molecule has 1 N–H and O–H groups in total. The Bertz CT molecular complexity index is 409. The zero-order valence-corrected chi connectivity index (χ0v) is 12.8. The van der Waals surface area contributed by atoms with Crippen molar-refractivity contribution < 1.29 is 9.47 Å². The minimum absolute atomic E-state index is 0.340. The molecule has 2 rings (SSSR count). The molecular formula is C15H23NO2S. The van der Waals surface area contributed by atoms with Crippen molar-refractivity contribution in [2.75, 3.05) is 24.8 Å². The lowest BCUT2D eigenvalue weighted by atomic mass is 10.1. The Morgan fingerprint density at radius 2 is 2.00 bits per heavy atom. The fourth-order valence-corrected chi connectivity index (χ4v) is 3.22. The van der Waals surface area contributed by atoms with Crippen LogP contribution in [0.5, 0.6) is 11.5 Å². The van der Waals surface area contributed by atoms with E-state index in [4.69, 9.17) is 9.47 Å². The smallest absolute Gasteiger partial charge is 0.231 e. The Labute approximate surface area is 120 Å². The highest BCUT2D eigenvalue weighted by atomic mass is 32.2. The summed E-state index contributed by atoms with van der Waals surface area (Å²) in [6.45, 7) is 7.98. The first-order valence-corrected chi connectivity index (χ1v) is 8.06. The second kappa shape index (κ2) is 7.06. The van der Waals surface area contributed by atoms with Crippen LogP contribution in [0.2, 0.25) is 0 Å². The van der Waals surface area contributed by atoms with E-state index < -0.39 is 0 Å². The maximum atomic E-state index is 5.45. The molecule has 0 aromatic heterocycles. The normalized spacial score (nSPS) is 14.9. The second-order valence-electron chi connectivity index (χ2n) is 5.15. The third-order valence-electron chi connectivity index (χ3n) is 2.99. The maximum absolute atomic E-state index is 5.45. The molecule has 1 aromatic rings. The van der Waals surface area contributed by atoms with Gasteiger partial charge in [-0.1, -0.05) is 26.8 Å². The van der Waals surface area contributed by atoms with Gasteiger partial charge < -0.3 is 14.8 Å². The lowest BCUT2D eigenvalue weighted by Gasteiger charge is -2.19. The number of thioether (sulfide) groups is 1. The highest BCUT2D eigenvalue weighted by Crippen LogP contribution is 2.34. The average molecular weight is 281 g/mol. The topological polar surface area (TPSA) is 30.5 Å². The summed E-state index contributed by atoms with van der Waals surface area (Å²) >= 11 is 2.00. The fourth-order valence-electron chi connectivity index (χ4n) is 2.07.